The van der Waals surface area contributed by atoms with Gasteiger partial charge in [0, 0.05) is 31.4 Å². The van der Waals surface area contributed by atoms with Crippen LogP contribution in [0.3, 0.4) is 0 Å². The predicted octanol–water partition coefficient (Wildman–Crippen LogP) is 5.64. The molecule has 0 aliphatic heterocycles. The first kappa shape index (κ1) is 12.8. The van der Waals surface area contributed by atoms with E-state index in [1.165, 1.54) is 26.3 Å². The molecule has 0 bridgehead atoms. The maximum atomic E-state index is 3.47. The minimum Gasteiger partial charge on any atom is -0.360 e. The van der Waals surface area contributed by atoms with E-state index in [-0.39, 0.29) is 0 Å². The maximum Gasteiger partial charge on any atom is 0.0498 e. The summed E-state index contributed by atoms with van der Waals surface area (Å²) in [4.78, 5) is 5.95. The van der Waals surface area contributed by atoms with Crippen LogP contribution in [0.15, 0.2) is 62.9 Å². The zero-order chi connectivity index (χ0) is 13.2. The molecule has 96 valence electrons. The van der Waals surface area contributed by atoms with E-state index in [4.69, 9.17) is 0 Å². The molecule has 0 radical (unpaired) electrons. The molecule has 0 atom stereocenters. The molecule has 0 unspecified atom stereocenters. The van der Waals surface area contributed by atoms with Crippen LogP contribution in [0, 0.1) is 0 Å². The Hall–Kier alpha value is -1.19. The van der Waals surface area contributed by atoms with Crippen LogP contribution in [-0.2, 0) is 6.42 Å². The van der Waals surface area contributed by atoms with Crippen molar-refractivity contribution in [1.29, 1.82) is 0 Å². The van der Waals surface area contributed by atoms with E-state index < -0.39 is 0 Å². The van der Waals surface area contributed by atoms with Crippen molar-refractivity contribution in [3.05, 3.63) is 58.7 Å². The fourth-order valence-corrected chi connectivity index (χ4v) is 3.39. The fraction of sp³-hybridized carbons (Fsp3) is 0.125. The number of rotatable bonds is 3. The Morgan fingerprint density at radius 1 is 1.11 bits per heavy atom. The molecule has 1 nitrogen and oxygen atoms in total. The van der Waals surface area contributed by atoms with Gasteiger partial charge in [0.15, 0.2) is 0 Å². The molecule has 19 heavy (non-hydrogen) atoms. The molecule has 1 heterocycles. The SMILES string of the molecule is CCc1cccc2c(Sc3ccc(Br)cc3)c[nH]c12. The molecular weight excluding hydrogens is 318 g/mol. The molecule has 0 spiro atoms. The number of aryl methyl sites for hydroxylation is 1. The van der Waals surface area contributed by atoms with Gasteiger partial charge in [0.25, 0.3) is 0 Å². The van der Waals surface area contributed by atoms with Crippen LogP contribution in [0.25, 0.3) is 10.9 Å². The van der Waals surface area contributed by atoms with E-state index in [9.17, 15) is 0 Å². The van der Waals surface area contributed by atoms with Gasteiger partial charge in [-0.2, -0.15) is 0 Å². The molecule has 0 aliphatic rings. The average Bonchev–Trinajstić information content (AvgIpc) is 2.84. The van der Waals surface area contributed by atoms with Crippen LogP contribution in [0.2, 0.25) is 0 Å². The number of nitrogens with one attached hydrogen (secondary N) is 1. The highest BCUT2D eigenvalue weighted by Gasteiger charge is 2.07. The van der Waals surface area contributed by atoms with E-state index in [2.05, 4.69) is 76.5 Å². The van der Waals surface area contributed by atoms with Crippen LogP contribution in [0.5, 0.6) is 0 Å². The van der Waals surface area contributed by atoms with Gasteiger partial charge >= 0.3 is 0 Å². The molecule has 0 saturated heterocycles. The number of hydrogen-bond donors (Lipinski definition) is 1. The first-order valence-corrected chi connectivity index (χ1v) is 7.91. The molecule has 0 fully saturated rings. The van der Waals surface area contributed by atoms with Crippen molar-refractivity contribution in [3.8, 4) is 0 Å². The van der Waals surface area contributed by atoms with Crippen molar-refractivity contribution >= 4 is 38.6 Å². The Morgan fingerprint density at radius 3 is 2.63 bits per heavy atom. The summed E-state index contributed by atoms with van der Waals surface area (Å²) in [6, 6.07) is 14.9. The third-order valence-electron chi connectivity index (χ3n) is 3.19. The first-order valence-electron chi connectivity index (χ1n) is 6.30. The third-order valence-corrected chi connectivity index (χ3v) is 4.78. The number of benzene rings is 2. The second-order valence-electron chi connectivity index (χ2n) is 4.40. The number of hydrogen-bond acceptors (Lipinski definition) is 1. The minimum atomic E-state index is 1.06. The summed E-state index contributed by atoms with van der Waals surface area (Å²) >= 11 is 5.27. The fourth-order valence-electron chi connectivity index (χ4n) is 2.20. The Labute approximate surface area is 125 Å². The molecule has 2 aromatic carbocycles. The van der Waals surface area contributed by atoms with Gasteiger partial charge in [0.2, 0.25) is 0 Å². The van der Waals surface area contributed by atoms with Gasteiger partial charge < -0.3 is 4.98 Å². The molecule has 0 amide bonds. The van der Waals surface area contributed by atoms with Crippen molar-refractivity contribution < 1.29 is 0 Å². The number of halogens is 1. The van der Waals surface area contributed by atoms with Gasteiger partial charge in [0.1, 0.15) is 0 Å². The lowest BCUT2D eigenvalue weighted by atomic mass is 10.1. The summed E-state index contributed by atoms with van der Waals surface area (Å²) in [6.45, 7) is 2.19. The predicted molar refractivity (Wildman–Crippen MR) is 85.9 cm³/mol. The summed E-state index contributed by atoms with van der Waals surface area (Å²) < 4.78 is 1.11. The van der Waals surface area contributed by atoms with Crippen LogP contribution in [-0.4, -0.2) is 4.98 Å². The molecule has 1 aromatic heterocycles. The number of aromatic nitrogens is 1. The zero-order valence-corrected chi connectivity index (χ0v) is 13.0. The van der Waals surface area contributed by atoms with Gasteiger partial charge in [-0.15, -0.1) is 0 Å². The van der Waals surface area contributed by atoms with Gasteiger partial charge in [0.05, 0.1) is 0 Å². The smallest absolute Gasteiger partial charge is 0.0498 e. The molecule has 3 heteroatoms. The van der Waals surface area contributed by atoms with Crippen LogP contribution < -0.4 is 0 Å². The lowest BCUT2D eigenvalue weighted by Gasteiger charge is -2.02. The van der Waals surface area contributed by atoms with E-state index in [0.717, 1.165) is 10.9 Å². The maximum absolute atomic E-state index is 3.47. The minimum absolute atomic E-state index is 1.06. The average molecular weight is 332 g/mol. The van der Waals surface area contributed by atoms with Gasteiger partial charge in [-0.1, -0.05) is 52.8 Å². The van der Waals surface area contributed by atoms with Crippen LogP contribution >= 0.6 is 27.7 Å². The highest BCUT2D eigenvalue weighted by molar-refractivity contribution is 9.10. The van der Waals surface area contributed by atoms with Gasteiger partial charge in [-0.25, -0.2) is 0 Å². The largest absolute Gasteiger partial charge is 0.360 e. The topological polar surface area (TPSA) is 15.8 Å². The molecule has 0 saturated carbocycles. The number of fused-ring (bicyclic) bond motifs is 1. The summed E-state index contributed by atoms with van der Waals surface area (Å²) in [5.74, 6) is 0. The van der Waals surface area contributed by atoms with Crippen molar-refractivity contribution in [3.63, 3.8) is 0 Å². The van der Waals surface area contributed by atoms with Gasteiger partial charge in [-0.3, -0.25) is 0 Å². The second-order valence-corrected chi connectivity index (χ2v) is 6.43. The van der Waals surface area contributed by atoms with Crippen molar-refractivity contribution in [2.75, 3.05) is 0 Å². The highest BCUT2D eigenvalue weighted by Crippen LogP contribution is 2.35. The zero-order valence-electron chi connectivity index (χ0n) is 10.6. The summed E-state index contributed by atoms with van der Waals surface area (Å²) in [5, 5.41) is 1.31. The van der Waals surface area contributed by atoms with Crippen molar-refractivity contribution in [1.82, 2.24) is 4.98 Å². The van der Waals surface area contributed by atoms with E-state index in [0.29, 0.717) is 0 Å². The highest BCUT2D eigenvalue weighted by atomic mass is 79.9. The normalized spacial score (nSPS) is 11.1. The molecular formula is C16H14BrNS. The quantitative estimate of drug-likeness (QED) is 0.656. The number of para-hydroxylation sites is 1. The molecule has 1 N–H and O–H groups in total. The summed E-state index contributed by atoms with van der Waals surface area (Å²) in [6.07, 6.45) is 3.16. The first-order chi connectivity index (χ1) is 9.28. The Balaban J connectivity index is 1.99. The number of H-pyrrole nitrogens is 1. The third kappa shape index (κ3) is 2.58. The summed E-state index contributed by atoms with van der Waals surface area (Å²) in [5.41, 5.74) is 2.64. The monoisotopic (exact) mass is 331 g/mol. The standard InChI is InChI=1S/C16H14BrNS/c1-2-11-4-3-5-14-15(10-18-16(11)14)19-13-8-6-12(17)7-9-13/h3-10,18H,2H2,1H3. The van der Waals surface area contributed by atoms with Gasteiger partial charge in [-0.05, 0) is 36.2 Å². The summed E-state index contributed by atoms with van der Waals surface area (Å²) in [7, 11) is 0. The lowest BCUT2D eigenvalue weighted by Crippen LogP contribution is -1.81. The van der Waals surface area contributed by atoms with Crippen molar-refractivity contribution in [2.45, 2.75) is 23.1 Å². The van der Waals surface area contributed by atoms with E-state index in [1.807, 2.05) is 0 Å². The second kappa shape index (κ2) is 5.43. The lowest BCUT2D eigenvalue weighted by molar-refractivity contribution is 1.15. The number of aromatic amines is 1. The van der Waals surface area contributed by atoms with Crippen LogP contribution in [0.1, 0.15) is 12.5 Å². The molecule has 0 aliphatic carbocycles. The Bertz CT molecular complexity index is 700. The van der Waals surface area contributed by atoms with E-state index in [1.54, 1.807) is 11.8 Å². The van der Waals surface area contributed by atoms with Crippen LogP contribution in [0.4, 0.5) is 0 Å². The van der Waals surface area contributed by atoms with E-state index >= 15 is 0 Å². The molecule has 3 rings (SSSR count). The Kier molecular flexibility index (Phi) is 3.67. The Morgan fingerprint density at radius 2 is 1.89 bits per heavy atom. The van der Waals surface area contributed by atoms with Crippen molar-refractivity contribution in [2.24, 2.45) is 0 Å². The molecule has 3 aromatic rings.